The molecule has 1 rings (SSSR count). The SMILES string of the molecule is CO[Si](CCCN1CCC[Si]1(CO)CO)(OC)OC. The Bertz CT molecular complexity index is 253. The van der Waals surface area contributed by atoms with Gasteiger partial charge in [0, 0.05) is 27.4 Å². The van der Waals surface area contributed by atoms with Crippen molar-refractivity contribution in [3.63, 3.8) is 0 Å². The standard InChI is InChI=1S/C11H27NO5Si2/c1-15-19(16-2,17-3)9-5-7-12-6-4-8-18(12,10-13)11-14/h13-14H,4-11H2,1-3H3. The highest BCUT2D eigenvalue weighted by Gasteiger charge is 2.43. The van der Waals surface area contributed by atoms with Crippen molar-refractivity contribution in [3.8, 4) is 0 Å². The molecule has 1 aliphatic heterocycles. The lowest BCUT2D eigenvalue weighted by Gasteiger charge is -2.34. The lowest BCUT2D eigenvalue weighted by molar-refractivity contribution is 0.122. The van der Waals surface area contributed by atoms with Gasteiger partial charge in [-0.3, -0.25) is 0 Å². The second-order valence-corrected chi connectivity index (χ2v) is 12.3. The molecule has 0 radical (unpaired) electrons. The Morgan fingerprint density at radius 2 is 1.68 bits per heavy atom. The van der Waals surface area contributed by atoms with Gasteiger partial charge in [0.1, 0.15) is 0 Å². The average Bonchev–Trinajstić information content (AvgIpc) is 2.87. The van der Waals surface area contributed by atoms with E-state index in [2.05, 4.69) is 4.57 Å². The van der Waals surface area contributed by atoms with Gasteiger partial charge in [-0.2, -0.15) is 0 Å². The predicted molar refractivity (Wildman–Crippen MR) is 77.1 cm³/mol. The summed E-state index contributed by atoms with van der Waals surface area (Å²) >= 11 is 0. The Hall–Kier alpha value is 0.194. The summed E-state index contributed by atoms with van der Waals surface area (Å²) in [6.45, 7) is 1.85. The van der Waals surface area contributed by atoms with E-state index in [1.165, 1.54) is 0 Å². The quantitative estimate of drug-likeness (QED) is 0.583. The van der Waals surface area contributed by atoms with E-state index >= 15 is 0 Å². The normalized spacial score (nSPS) is 20.1. The first-order chi connectivity index (χ1) is 9.12. The number of hydrogen-bond donors (Lipinski definition) is 2. The van der Waals surface area contributed by atoms with Gasteiger partial charge >= 0.3 is 8.80 Å². The molecule has 0 aromatic carbocycles. The van der Waals surface area contributed by atoms with Crippen LogP contribution in [0.25, 0.3) is 0 Å². The van der Waals surface area contributed by atoms with Crippen molar-refractivity contribution in [2.45, 2.75) is 24.9 Å². The van der Waals surface area contributed by atoms with Crippen LogP contribution in [-0.2, 0) is 13.3 Å². The van der Waals surface area contributed by atoms with Gasteiger partial charge in [-0.05, 0) is 32.0 Å². The minimum absolute atomic E-state index is 0.144. The summed E-state index contributed by atoms with van der Waals surface area (Å²) in [5.41, 5.74) is 0. The van der Waals surface area contributed by atoms with Crippen LogP contribution in [0.1, 0.15) is 12.8 Å². The Morgan fingerprint density at radius 1 is 1.11 bits per heavy atom. The first kappa shape index (κ1) is 17.2. The second kappa shape index (κ2) is 7.84. The molecule has 0 aromatic rings. The summed E-state index contributed by atoms with van der Waals surface area (Å²) in [5.74, 6) is 0. The highest BCUT2D eigenvalue weighted by atomic mass is 28.4. The number of aliphatic hydroxyl groups is 2. The molecule has 0 saturated carbocycles. The van der Waals surface area contributed by atoms with Gasteiger partial charge in [0.2, 0.25) is 0 Å². The van der Waals surface area contributed by atoms with Crippen LogP contribution in [0, 0.1) is 0 Å². The number of hydrogen-bond acceptors (Lipinski definition) is 6. The zero-order valence-corrected chi connectivity index (χ0v) is 14.2. The molecule has 0 aliphatic carbocycles. The van der Waals surface area contributed by atoms with Gasteiger partial charge < -0.3 is 28.1 Å². The van der Waals surface area contributed by atoms with E-state index in [0.717, 1.165) is 38.0 Å². The minimum Gasteiger partial charge on any atom is -0.398 e. The van der Waals surface area contributed by atoms with Crippen LogP contribution in [0.4, 0.5) is 0 Å². The fourth-order valence-electron chi connectivity index (χ4n) is 2.79. The van der Waals surface area contributed by atoms with Crippen LogP contribution >= 0.6 is 0 Å². The largest absolute Gasteiger partial charge is 0.500 e. The van der Waals surface area contributed by atoms with Gasteiger partial charge in [0.15, 0.2) is 8.24 Å². The van der Waals surface area contributed by atoms with Crippen molar-refractivity contribution in [1.29, 1.82) is 0 Å². The fraction of sp³-hybridized carbons (Fsp3) is 1.00. The summed E-state index contributed by atoms with van der Waals surface area (Å²) in [4.78, 5) is 0. The van der Waals surface area contributed by atoms with Crippen LogP contribution in [0.2, 0.25) is 12.1 Å². The molecule has 0 spiro atoms. The Kier molecular flexibility index (Phi) is 7.12. The third-order valence-electron chi connectivity index (χ3n) is 4.17. The summed E-state index contributed by atoms with van der Waals surface area (Å²) in [6.07, 6.45) is 2.26. The maximum Gasteiger partial charge on any atom is 0.500 e. The maximum absolute atomic E-state index is 9.58. The Balaban J connectivity index is 2.48. The summed E-state index contributed by atoms with van der Waals surface area (Å²) in [6, 6.07) is 1.75. The summed E-state index contributed by atoms with van der Waals surface area (Å²) in [5, 5.41) is 19.2. The van der Waals surface area contributed by atoms with Crippen molar-refractivity contribution in [2.24, 2.45) is 0 Å². The van der Waals surface area contributed by atoms with Crippen LogP contribution < -0.4 is 0 Å². The van der Waals surface area contributed by atoms with Gasteiger partial charge in [0.05, 0.1) is 12.5 Å². The van der Waals surface area contributed by atoms with Crippen LogP contribution in [-0.4, -0.2) is 78.7 Å². The van der Waals surface area contributed by atoms with Crippen molar-refractivity contribution >= 4 is 17.0 Å². The molecule has 1 heterocycles. The molecule has 1 aliphatic rings. The predicted octanol–water partition coefficient (Wildman–Crippen LogP) is -0.0312. The van der Waals surface area contributed by atoms with Gasteiger partial charge in [-0.25, -0.2) is 0 Å². The zero-order valence-electron chi connectivity index (χ0n) is 12.2. The molecule has 1 fully saturated rings. The van der Waals surface area contributed by atoms with Crippen molar-refractivity contribution in [1.82, 2.24) is 4.57 Å². The third kappa shape index (κ3) is 3.85. The molecular weight excluding hydrogens is 282 g/mol. The molecule has 0 bridgehead atoms. The highest BCUT2D eigenvalue weighted by molar-refractivity contribution is 6.77. The van der Waals surface area contributed by atoms with Crippen molar-refractivity contribution in [2.75, 3.05) is 46.9 Å². The average molecular weight is 310 g/mol. The molecule has 19 heavy (non-hydrogen) atoms. The summed E-state index contributed by atoms with van der Waals surface area (Å²) in [7, 11) is 0.370. The van der Waals surface area contributed by atoms with Crippen molar-refractivity contribution in [3.05, 3.63) is 0 Å². The molecule has 0 amide bonds. The topological polar surface area (TPSA) is 71.4 Å². The molecule has 2 N–H and O–H groups in total. The summed E-state index contributed by atoms with van der Waals surface area (Å²) < 4.78 is 18.5. The van der Waals surface area contributed by atoms with Crippen molar-refractivity contribution < 1.29 is 23.5 Å². The van der Waals surface area contributed by atoms with E-state index in [1.54, 1.807) is 21.3 Å². The molecule has 0 atom stereocenters. The molecular formula is C11H27NO5Si2. The van der Waals surface area contributed by atoms with Crippen LogP contribution in [0.5, 0.6) is 0 Å². The molecule has 6 nitrogen and oxygen atoms in total. The highest BCUT2D eigenvalue weighted by Crippen LogP contribution is 2.26. The molecule has 0 aromatic heterocycles. The fourth-order valence-corrected chi connectivity index (χ4v) is 7.71. The monoisotopic (exact) mass is 309 g/mol. The van der Waals surface area contributed by atoms with E-state index in [9.17, 15) is 10.2 Å². The van der Waals surface area contributed by atoms with E-state index in [0.29, 0.717) is 0 Å². The number of aliphatic hydroxyl groups excluding tert-OH is 2. The van der Waals surface area contributed by atoms with Crippen LogP contribution in [0.15, 0.2) is 0 Å². The van der Waals surface area contributed by atoms with Gasteiger partial charge in [-0.15, -0.1) is 0 Å². The van der Waals surface area contributed by atoms with E-state index in [1.807, 2.05) is 0 Å². The minimum atomic E-state index is -2.49. The second-order valence-electron chi connectivity index (χ2n) is 5.03. The Morgan fingerprint density at radius 3 is 2.16 bits per heavy atom. The van der Waals surface area contributed by atoms with E-state index in [-0.39, 0.29) is 12.5 Å². The molecule has 114 valence electrons. The van der Waals surface area contributed by atoms with Gasteiger partial charge in [-0.1, -0.05) is 0 Å². The number of nitrogens with zero attached hydrogens (tertiary/aromatic N) is 1. The Labute approximate surface area is 117 Å². The molecule has 1 saturated heterocycles. The van der Waals surface area contributed by atoms with Gasteiger partial charge in [0.25, 0.3) is 0 Å². The maximum atomic E-state index is 9.58. The van der Waals surface area contributed by atoms with E-state index < -0.39 is 17.0 Å². The first-order valence-corrected chi connectivity index (χ1v) is 11.2. The lowest BCUT2D eigenvalue weighted by atomic mass is 10.4. The smallest absolute Gasteiger partial charge is 0.398 e. The number of rotatable bonds is 9. The third-order valence-corrected chi connectivity index (χ3v) is 11.3. The molecule has 8 heteroatoms. The molecule has 0 unspecified atom stereocenters. The first-order valence-electron chi connectivity index (χ1n) is 6.74. The lowest BCUT2D eigenvalue weighted by Crippen LogP contribution is -2.56. The van der Waals surface area contributed by atoms with E-state index in [4.69, 9.17) is 13.3 Å². The van der Waals surface area contributed by atoms with Crippen LogP contribution in [0.3, 0.4) is 0 Å². The zero-order chi connectivity index (χ0) is 14.4.